The molecule has 0 spiro atoms. The average molecular weight is 358 g/mol. The van der Waals surface area contributed by atoms with Gasteiger partial charge in [-0.15, -0.1) is 0 Å². The fraction of sp³-hybridized carbons (Fsp3) is 0.842. The van der Waals surface area contributed by atoms with Gasteiger partial charge < -0.3 is 15.3 Å². The minimum atomic E-state index is -0.889. The lowest BCUT2D eigenvalue weighted by Crippen LogP contribution is -2.27. The van der Waals surface area contributed by atoms with Crippen LogP contribution in [-0.4, -0.2) is 33.2 Å². The van der Waals surface area contributed by atoms with E-state index in [-0.39, 0.29) is 17.8 Å². The Balaban J connectivity index is 4.75. The van der Waals surface area contributed by atoms with Crippen LogP contribution in [0.3, 0.4) is 0 Å². The van der Waals surface area contributed by atoms with Gasteiger partial charge in [0.05, 0.1) is 17.8 Å². The molecule has 25 heavy (non-hydrogen) atoms. The summed E-state index contributed by atoms with van der Waals surface area (Å²) in [6.45, 7) is 9.24. The molecule has 5 atom stereocenters. The van der Waals surface area contributed by atoms with Gasteiger partial charge in [-0.1, -0.05) is 34.6 Å². The Bertz CT molecular complexity index is 445. The molecule has 5 unspecified atom stereocenters. The standard InChI is InChI=1S/C19H34O6/c1-6-14(17(20)21)12(4)8-10-16(19(24)25)13(5)7-9-15(11(2)3)18(22)23/h11-16H,6-10H2,1-5H3,(H,20,21)(H,22,23)(H,24,25). The van der Waals surface area contributed by atoms with E-state index in [4.69, 9.17) is 0 Å². The number of hydrogen-bond donors (Lipinski definition) is 3. The molecule has 0 aliphatic heterocycles. The zero-order chi connectivity index (χ0) is 19.7. The summed E-state index contributed by atoms with van der Waals surface area (Å²) in [6.07, 6.45) is 2.48. The highest BCUT2D eigenvalue weighted by Gasteiger charge is 2.30. The lowest BCUT2D eigenvalue weighted by atomic mass is 9.79. The Kier molecular flexibility index (Phi) is 10.4. The fourth-order valence-electron chi connectivity index (χ4n) is 3.50. The molecule has 0 bridgehead atoms. The second-order valence-corrected chi connectivity index (χ2v) is 7.60. The van der Waals surface area contributed by atoms with E-state index in [2.05, 4.69) is 0 Å². The molecule has 6 heteroatoms. The summed E-state index contributed by atoms with van der Waals surface area (Å²) in [6, 6.07) is 0. The fourth-order valence-corrected chi connectivity index (χ4v) is 3.50. The lowest BCUT2D eigenvalue weighted by Gasteiger charge is -2.25. The van der Waals surface area contributed by atoms with Crippen LogP contribution in [0.4, 0.5) is 0 Å². The van der Waals surface area contributed by atoms with E-state index in [9.17, 15) is 29.7 Å². The van der Waals surface area contributed by atoms with Gasteiger partial charge in [0.2, 0.25) is 0 Å². The minimum absolute atomic E-state index is 0.00822. The lowest BCUT2D eigenvalue weighted by molar-refractivity contribution is -0.144. The van der Waals surface area contributed by atoms with Crippen molar-refractivity contribution in [2.75, 3.05) is 0 Å². The third-order valence-corrected chi connectivity index (χ3v) is 5.44. The maximum Gasteiger partial charge on any atom is 0.306 e. The molecule has 0 aromatic carbocycles. The van der Waals surface area contributed by atoms with Crippen molar-refractivity contribution in [3.8, 4) is 0 Å². The highest BCUT2D eigenvalue weighted by molar-refractivity contribution is 5.71. The number of rotatable bonds is 13. The predicted molar refractivity (Wildman–Crippen MR) is 95.3 cm³/mol. The van der Waals surface area contributed by atoms with Crippen molar-refractivity contribution >= 4 is 17.9 Å². The molecule has 0 fully saturated rings. The van der Waals surface area contributed by atoms with E-state index in [1.54, 1.807) is 0 Å². The molecule has 0 rings (SSSR count). The Morgan fingerprint density at radius 1 is 0.640 bits per heavy atom. The topological polar surface area (TPSA) is 112 Å². The van der Waals surface area contributed by atoms with E-state index in [1.807, 2.05) is 34.6 Å². The van der Waals surface area contributed by atoms with Crippen LogP contribution in [-0.2, 0) is 14.4 Å². The molecule has 0 heterocycles. The molecule has 3 N–H and O–H groups in total. The van der Waals surface area contributed by atoms with Crippen LogP contribution >= 0.6 is 0 Å². The molecule has 0 saturated heterocycles. The second kappa shape index (κ2) is 11.1. The van der Waals surface area contributed by atoms with Crippen LogP contribution in [0.25, 0.3) is 0 Å². The van der Waals surface area contributed by atoms with Crippen LogP contribution in [0.5, 0.6) is 0 Å². The third kappa shape index (κ3) is 7.88. The first kappa shape index (κ1) is 23.4. The van der Waals surface area contributed by atoms with Gasteiger partial charge in [-0.05, 0) is 49.9 Å². The molecular formula is C19H34O6. The highest BCUT2D eigenvalue weighted by Crippen LogP contribution is 2.30. The molecule has 0 saturated carbocycles. The summed E-state index contributed by atoms with van der Waals surface area (Å²) >= 11 is 0. The highest BCUT2D eigenvalue weighted by atomic mass is 16.4. The van der Waals surface area contributed by atoms with Crippen molar-refractivity contribution in [2.24, 2.45) is 35.5 Å². The average Bonchev–Trinajstić information content (AvgIpc) is 2.46. The molecular weight excluding hydrogens is 324 g/mol. The van der Waals surface area contributed by atoms with Crippen molar-refractivity contribution in [1.82, 2.24) is 0 Å². The number of carboxylic acids is 3. The Morgan fingerprint density at radius 3 is 1.32 bits per heavy atom. The summed E-state index contributed by atoms with van der Waals surface area (Å²) < 4.78 is 0. The smallest absolute Gasteiger partial charge is 0.306 e. The summed E-state index contributed by atoms with van der Waals surface area (Å²) in [7, 11) is 0. The first-order chi connectivity index (χ1) is 11.5. The monoisotopic (exact) mass is 358 g/mol. The van der Waals surface area contributed by atoms with Crippen LogP contribution in [0.2, 0.25) is 0 Å². The van der Waals surface area contributed by atoms with Crippen molar-refractivity contribution in [3.05, 3.63) is 0 Å². The van der Waals surface area contributed by atoms with Crippen LogP contribution in [0.15, 0.2) is 0 Å². The van der Waals surface area contributed by atoms with E-state index in [0.717, 1.165) is 0 Å². The van der Waals surface area contributed by atoms with Crippen LogP contribution in [0, 0.1) is 35.5 Å². The number of carbonyl (C=O) groups is 3. The van der Waals surface area contributed by atoms with E-state index >= 15 is 0 Å². The Labute approximate surface area is 150 Å². The van der Waals surface area contributed by atoms with Crippen molar-refractivity contribution in [3.63, 3.8) is 0 Å². The maximum absolute atomic E-state index is 11.6. The Hall–Kier alpha value is -1.59. The first-order valence-electron chi connectivity index (χ1n) is 9.21. The third-order valence-electron chi connectivity index (χ3n) is 5.44. The molecule has 0 aromatic rings. The summed E-state index contributed by atoms with van der Waals surface area (Å²) in [5.74, 6) is -4.28. The van der Waals surface area contributed by atoms with Gasteiger partial charge in [0.15, 0.2) is 0 Å². The zero-order valence-corrected chi connectivity index (χ0v) is 16.1. The SMILES string of the molecule is CCC(C(=O)O)C(C)CCC(C(=O)O)C(C)CCC(C(=O)O)C(C)C. The molecule has 0 amide bonds. The van der Waals surface area contributed by atoms with Gasteiger partial charge in [0, 0.05) is 0 Å². The van der Waals surface area contributed by atoms with Crippen molar-refractivity contribution in [2.45, 2.75) is 66.7 Å². The van der Waals surface area contributed by atoms with Crippen molar-refractivity contribution < 1.29 is 29.7 Å². The van der Waals surface area contributed by atoms with Gasteiger partial charge in [0.25, 0.3) is 0 Å². The molecule has 146 valence electrons. The number of carboxylic acid groups (broad SMARTS) is 3. The van der Waals surface area contributed by atoms with E-state index < -0.39 is 35.7 Å². The van der Waals surface area contributed by atoms with Gasteiger partial charge in [0.1, 0.15) is 0 Å². The first-order valence-corrected chi connectivity index (χ1v) is 9.21. The molecule has 0 radical (unpaired) electrons. The largest absolute Gasteiger partial charge is 0.481 e. The Morgan fingerprint density at radius 2 is 1.00 bits per heavy atom. The normalized spacial score (nSPS) is 17.5. The quantitative estimate of drug-likeness (QED) is 0.459. The molecule has 0 aliphatic rings. The number of aliphatic carboxylic acids is 3. The molecule has 6 nitrogen and oxygen atoms in total. The summed E-state index contributed by atoms with van der Waals surface area (Å²) in [5.41, 5.74) is 0. The van der Waals surface area contributed by atoms with Gasteiger partial charge in [-0.2, -0.15) is 0 Å². The summed E-state index contributed by atoms with van der Waals surface area (Å²) in [5, 5.41) is 28.0. The minimum Gasteiger partial charge on any atom is -0.481 e. The van der Waals surface area contributed by atoms with Gasteiger partial charge >= 0.3 is 17.9 Å². The van der Waals surface area contributed by atoms with E-state index in [1.165, 1.54) is 0 Å². The molecule has 0 aliphatic carbocycles. The van der Waals surface area contributed by atoms with Gasteiger partial charge in [-0.3, -0.25) is 14.4 Å². The summed E-state index contributed by atoms with van der Waals surface area (Å²) in [4.78, 5) is 34.1. The van der Waals surface area contributed by atoms with Crippen molar-refractivity contribution in [1.29, 1.82) is 0 Å². The van der Waals surface area contributed by atoms with Crippen LogP contribution in [0.1, 0.15) is 66.7 Å². The molecule has 0 aromatic heterocycles. The van der Waals surface area contributed by atoms with E-state index in [0.29, 0.717) is 32.1 Å². The second-order valence-electron chi connectivity index (χ2n) is 7.60. The van der Waals surface area contributed by atoms with Gasteiger partial charge in [-0.25, -0.2) is 0 Å². The zero-order valence-electron chi connectivity index (χ0n) is 16.1. The predicted octanol–water partition coefficient (Wildman–Crippen LogP) is 3.99. The van der Waals surface area contributed by atoms with Crippen LogP contribution < -0.4 is 0 Å². The number of hydrogen-bond acceptors (Lipinski definition) is 3. The maximum atomic E-state index is 11.6.